The first-order chi connectivity index (χ1) is 20.6. The third-order valence-electron chi connectivity index (χ3n) is 8.90. The Morgan fingerprint density at radius 2 is 1.40 bits per heavy atom. The summed E-state index contributed by atoms with van der Waals surface area (Å²) in [4.78, 5) is 0. The van der Waals surface area contributed by atoms with Gasteiger partial charge in [0.15, 0.2) is 0 Å². The van der Waals surface area contributed by atoms with E-state index >= 15 is 0 Å². The van der Waals surface area contributed by atoms with Crippen molar-refractivity contribution in [3.05, 3.63) is 155 Å². The zero-order valence-electron chi connectivity index (χ0n) is 24.8. The normalized spacial score (nSPS) is 19.2. The van der Waals surface area contributed by atoms with Crippen molar-refractivity contribution in [3.63, 3.8) is 0 Å². The molecule has 0 heterocycles. The molecule has 0 unspecified atom stereocenters. The molecular weight excluding hydrogens is 506 g/mol. The van der Waals surface area contributed by atoms with Gasteiger partial charge >= 0.3 is 0 Å². The summed E-state index contributed by atoms with van der Waals surface area (Å²) in [5, 5.41) is 8.57. The molecule has 3 aliphatic rings. The first kappa shape index (κ1) is 27.7. The summed E-state index contributed by atoms with van der Waals surface area (Å²) in [6.07, 6.45) is 19.5. The Labute approximate surface area is 251 Å². The molecule has 1 nitrogen and oxygen atoms in total. The molecule has 0 amide bonds. The van der Waals surface area contributed by atoms with Crippen molar-refractivity contribution in [1.82, 2.24) is 0 Å². The zero-order valence-corrected chi connectivity index (χ0v) is 24.8. The lowest BCUT2D eigenvalue weighted by molar-refractivity contribution is 0.724. The maximum atomic E-state index is 8.57. The van der Waals surface area contributed by atoms with Crippen LogP contribution in [0.1, 0.15) is 74.6 Å². The molecule has 3 aromatic rings. The molecule has 0 radical (unpaired) electrons. The van der Waals surface area contributed by atoms with Crippen LogP contribution in [0.5, 0.6) is 0 Å². The molecule has 1 N–H and O–H groups in total. The highest BCUT2D eigenvalue weighted by Crippen LogP contribution is 2.50. The van der Waals surface area contributed by atoms with Gasteiger partial charge in [0.1, 0.15) is 0 Å². The maximum absolute atomic E-state index is 8.57. The van der Waals surface area contributed by atoms with E-state index in [0.717, 1.165) is 49.0 Å². The first-order valence-corrected chi connectivity index (χ1v) is 15.3. The van der Waals surface area contributed by atoms with Crippen molar-refractivity contribution in [2.75, 3.05) is 0 Å². The van der Waals surface area contributed by atoms with E-state index in [2.05, 4.69) is 124 Å². The second-order valence-corrected chi connectivity index (χ2v) is 11.4. The summed E-state index contributed by atoms with van der Waals surface area (Å²) in [7, 11) is 0. The monoisotopic (exact) mass is 545 g/mol. The van der Waals surface area contributed by atoms with Crippen molar-refractivity contribution in [1.29, 1.82) is 5.41 Å². The third kappa shape index (κ3) is 5.16. The van der Waals surface area contributed by atoms with Crippen LogP contribution in [0.4, 0.5) is 0 Å². The van der Waals surface area contributed by atoms with Gasteiger partial charge in [-0.1, -0.05) is 122 Å². The van der Waals surface area contributed by atoms with E-state index in [1.54, 1.807) is 0 Å². The molecule has 0 bridgehead atoms. The predicted molar refractivity (Wildman–Crippen MR) is 182 cm³/mol. The molecule has 0 aromatic heterocycles. The Morgan fingerprint density at radius 1 is 0.762 bits per heavy atom. The van der Waals surface area contributed by atoms with E-state index < -0.39 is 0 Å². The van der Waals surface area contributed by atoms with Crippen LogP contribution in [0.2, 0.25) is 0 Å². The molecule has 1 heteroatoms. The summed E-state index contributed by atoms with van der Waals surface area (Å²) in [5.74, 6) is 0. The van der Waals surface area contributed by atoms with Gasteiger partial charge in [-0.25, -0.2) is 0 Å². The molecule has 208 valence electrons. The van der Waals surface area contributed by atoms with Crippen molar-refractivity contribution < 1.29 is 0 Å². The number of fused-ring (bicyclic) bond motifs is 3. The SMILES string of the molecule is C=C/C(=C1/CCCCCC1=N)c1ccc(-c2ccc(C3=CCC=C4C(=C3C)/C(=C\C=C/C)c3ccccc34)cc2)cc1. The number of benzene rings is 3. The van der Waals surface area contributed by atoms with Gasteiger partial charge in [-0.2, -0.15) is 0 Å². The van der Waals surface area contributed by atoms with Gasteiger partial charge in [-0.3, -0.25) is 0 Å². The number of hydrogen-bond acceptors (Lipinski definition) is 1. The number of nitrogens with one attached hydrogen (secondary N) is 1. The molecule has 0 spiro atoms. The molecule has 3 aliphatic carbocycles. The number of allylic oxidation sites excluding steroid dienone is 13. The van der Waals surface area contributed by atoms with Gasteiger partial charge in [0.25, 0.3) is 0 Å². The Hall–Kier alpha value is -4.49. The molecule has 42 heavy (non-hydrogen) atoms. The van der Waals surface area contributed by atoms with Gasteiger partial charge < -0.3 is 5.41 Å². The zero-order chi connectivity index (χ0) is 29.1. The summed E-state index contributed by atoms with van der Waals surface area (Å²) in [6, 6.07) is 26.6. The molecular formula is C41H39N. The van der Waals surface area contributed by atoms with E-state index in [4.69, 9.17) is 5.41 Å². The predicted octanol–water partition coefficient (Wildman–Crippen LogP) is 11.4. The van der Waals surface area contributed by atoms with Gasteiger partial charge in [-0.15, -0.1) is 0 Å². The van der Waals surface area contributed by atoms with Crippen molar-refractivity contribution in [2.45, 2.75) is 52.4 Å². The van der Waals surface area contributed by atoms with E-state index in [-0.39, 0.29) is 0 Å². The number of hydrogen-bond donors (Lipinski definition) is 1. The third-order valence-corrected chi connectivity index (χ3v) is 8.90. The highest BCUT2D eigenvalue weighted by atomic mass is 14.4. The van der Waals surface area contributed by atoms with Crippen LogP contribution in [0.25, 0.3) is 33.4 Å². The summed E-state index contributed by atoms with van der Waals surface area (Å²) >= 11 is 0. The van der Waals surface area contributed by atoms with Crippen LogP contribution in [-0.2, 0) is 0 Å². The van der Waals surface area contributed by atoms with Gasteiger partial charge in [0.05, 0.1) is 0 Å². The minimum absolute atomic E-state index is 0.786. The fraction of sp³-hybridized carbons (Fsp3) is 0.195. The van der Waals surface area contributed by atoms with Gasteiger partial charge in [0, 0.05) is 5.71 Å². The van der Waals surface area contributed by atoms with E-state index in [0.29, 0.717) is 0 Å². The molecule has 0 aliphatic heterocycles. The highest BCUT2D eigenvalue weighted by molar-refractivity contribution is 6.11. The summed E-state index contributed by atoms with van der Waals surface area (Å²) in [6.45, 7) is 8.45. The second-order valence-electron chi connectivity index (χ2n) is 11.4. The first-order valence-electron chi connectivity index (χ1n) is 15.3. The fourth-order valence-corrected chi connectivity index (χ4v) is 6.74. The van der Waals surface area contributed by atoms with Crippen molar-refractivity contribution in [3.8, 4) is 11.1 Å². The Bertz CT molecular complexity index is 1730. The van der Waals surface area contributed by atoms with Crippen molar-refractivity contribution >= 4 is 28.0 Å². The van der Waals surface area contributed by atoms with Crippen LogP contribution < -0.4 is 0 Å². The molecule has 6 rings (SSSR count). The molecule has 1 fully saturated rings. The molecule has 0 saturated heterocycles. The second kappa shape index (κ2) is 12.2. The Morgan fingerprint density at radius 3 is 2.12 bits per heavy atom. The lowest BCUT2D eigenvalue weighted by atomic mass is 9.90. The highest BCUT2D eigenvalue weighted by Gasteiger charge is 2.29. The van der Waals surface area contributed by atoms with E-state index in [1.807, 2.05) is 6.08 Å². The van der Waals surface area contributed by atoms with E-state index in [9.17, 15) is 0 Å². The fourth-order valence-electron chi connectivity index (χ4n) is 6.74. The minimum Gasteiger partial charge on any atom is -0.305 e. The van der Waals surface area contributed by atoms with Crippen LogP contribution in [0.15, 0.2) is 133 Å². The quantitative estimate of drug-likeness (QED) is 0.308. The minimum atomic E-state index is 0.786. The smallest absolute Gasteiger partial charge is 0.0352 e. The van der Waals surface area contributed by atoms with E-state index in [1.165, 1.54) is 67.7 Å². The van der Waals surface area contributed by atoms with Crippen LogP contribution in [0, 0.1) is 5.41 Å². The van der Waals surface area contributed by atoms with Gasteiger partial charge in [-0.05, 0) is 118 Å². The van der Waals surface area contributed by atoms with Crippen molar-refractivity contribution in [2.24, 2.45) is 0 Å². The Balaban J connectivity index is 1.30. The lowest BCUT2D eigenvalue weighted by Crippen LogP contribution is -2.02. The Kier molecular flexibility index (Phi) is 8.02. The van der Waals surface area contributed by atoms with Gasteiger partial charge in [0.2, 0.25) is 0 Å². The average molecular weight is 546 g/mol. The summed E-state index contributed by atoms with van der Waals surface area (Å²) < 4.78 is 0. The van der Waals surface area contributed by atoms with Crippen LogP contribution in [0.3, 0.4) is 0 Å². The van der Waals surface area contributed by atoms with Crippen LogP contribution >= 0.6 is 0 Å². The molecule has 1 saturated carbocycles. The topological polar surface area (TPSA) is 23.9 Å². The standard InChI is InChI=1S/C41H39N/c1-4-6-13-38-35-14-10-11-15-36(35)39-18-12-17-34(28(3)41(38)39)32-26-22-30(23-27-32)29-20-24-31(25-21-29)33(5-2)37-16-8-7-9-19-40(37)42/h4-6,10-11,13-15,17-18,20-27,42H,2,7-9,12,16,19H2,1,3H3/b6-4-,37-33+,38-13-,42-40?. The maximum Gasteiger partial charge on any atom is 0.0352 e. The number of rotatable bonds is 5. The lowest BCUT2D eigenvalue weighted by Gasteiger charge is -2.14. The largest absolute Gasteiger partial charge is 0.305 e. The molecule has 0 atom stereocenters. The van der Waals surface area contributed by atoms with Crippen LogP contribution in [-0.4, -0.2) is 5.71 Å². The average Bonchev–Trinajstić information content (AvgIpc) is 3.11. The molecule has 3 aromatic carbocycles. The summed E-state index contributed by atoms with van der Waals surface area (Å²) in [5.41, 5.74) is 17.2.